The zero-order valence-corrected chi connectivity index (χ0v) is 17.0. The Hall–Kier alpha value is -2.99. The first-order valence-electron chi connectivity index (χ1n) is 9.04. The van der Waals surface area contributed by atoms with Crippen molar-refractivity contribution in [3.63, 3.8) is 0 Å². The Morgan fingerprint density at radius 1 is 0.931 bits per heavy atom. The molecule has 1 atom stereocenters. The molecule has 0 amide bonds. The Morgan fingerprint density at radius 3 is 2.31 bits per heavy atom. The summed E-state index contributed by atoms with van der Waals surface area (Å²) in [6.45, 7) is 0. The zero-order valence-electron chi connectivity index (χ0n) is 15.4. The van der Waals surface area contributed by atoms with Crippen LogP contribution in [0.5, 0.6) is 0 Å². The molecule has 3 N–H and O–H groups in total. The van der Waals surface area contributed by atoms with Crippen LogP contribution in [-0.2, 0) is 0 Å². The van der Waals surface area contributed by atoms with Gasteiger partial charge in [-0.3, -0.25) is 4.79 Å². The smallest absolute Gasteiger partial charge is 0.193 e. The second-order valence-corrected chi connectivity index (χ2v) is 7.74. The predicted octanol–water partition coefficient (Wildman–Crippen LogP) is 5.82. The summed E-state index contributed by atoms with van der Waals surface area (Å²) in [4.78, 5) is 17.1. The van der Waals surface area contributed by atoms with Gasteiger partial charge < -0.3 is 11.1 Å². The summed E-state index contributed by atoms with van der Waals surface area (Å²) in [7, 11) is 0. The summed E-state index contributed by atoms with van der Waals surface area (Å²) in [6.07, 6.45) is 0. The number of rotatable bonds is 6. The van der Waals surface area contributed by atoms with Crippen molar-refractivity contribution < 1.29 is 4.79 Å². The second-order valence-electron chi connectivity index (χ2n) is 6.47. The molecule has 0 aliphatic rings. The SMILES string of the molecule is NC(c1csc(Nc2ccc(C(=O)c3ccccc3)cc2)n1)c1ccccc1Cl. The van der Waals surface area contributed by atoms with Crippen LogP contribution in [0.1, 0.15) is 33.2 Å². The number of nitrogens with zero attached hydrogens (tertiary/aromatic N) is 1. The number of nitrogens with two attached hydrogens (primary N) is 1. The van der Waals surface area contributed by atoms with Gasteiger partial charge in [0.15, 0.2) is 10.9 Å². The molecule has 0 saturated carbocycles. The fourth-order valence-electron chi connectivity index (χ4n) is 2.96. The van der Waals surface area contributed by atoms with Gasteiger partial charge in [0, 0.05) is 27.2 Å². The van der Waals surface area contributed by atoms with Gasteiger partial charge in [-0.1, -0.05) is 60.1 Å². The number of anilines is 2. The van der Waals surface area contributed by atoms with Gasteiger partial charge in [-0.05, 0) is 35.9 Å². The number of hydrogen-bond donors (Lipinski definition) is 2. The number of ketones is 1. The summed E-state index contributed by atoms with van der Waals surface area (Å²) < 4.78 is 0. The van der Waals surface area contributed by atoms with Crippen molar-refractivity contribution in [1.29, 1.82) is 0 Å². The quantitative estimate of drug-likeness (QED) is 0.386. The minimum Gasteiger partial charge on any atom is -0.332 e. The molecule has 144 valence electrons. The van der Waals surface area contributed by atoms with E-state index in [-0.39, 0.29) is 11.8 Å². The van der Waals surface area contributed by atoms with Crippen LogP contribution >= 0.6 is 22.9 Å². The molecule has 1 heterocycles. The fraction of sp³-hybridized carbons (Fsp3) is 0.0435. The first-order valence-corrected chi connectivity index (χ1v) is 10.3. The van der Waals surface area contributed by atoms with Crippen molar-refractivity contribution in [2.45, 2.75) is 6.04 Å². The van der Waals surface area contributed by atoms with Gasteiger partial charge in [0.1, 0.15) is 0 Å². The highest BCUT2D eigenvalue weighted by Gasteiger charge is 2.16. The normalized spacial score (nSPS) is 11.8. The minimum atomic E-state index is -0.388. The molecule has 4 aromatic rings. The molecule has 4 nitrogen and oxygen atoms in total. The standard InChI is InChI=1S/C23H18ClN3OS/c24-19-9-5-4-8-18(19)21(25)20-14-29-23(27-20)26-17-12-10-16(11-13-17)22(28)15-6-2-1-3-7-15/h1-14,21H,25H2,(H,26,27). The van der Waals surface area contributed by atoms with Crippen LogP contribution in [0.3, 0.4) is 0 Å². The van der Waals surface area contributed by atoms with Crippen molar-refractivity contribution in [3.8, 4) is 0 Å². The number of hydrogen-bond acceptors (Lipinski definition) is 5. The van der Waals surface area contributed by atoms with Crippen molar-refractivity contribution >= 4 is 39.5 Å². The van der Waals surface area contributed by atoms with E-state index in [0.717, 1.165) is 22.1 Å². The molecule has 0 saturated heterocycles. The van der Waals surface area contributed by atoms with Crippen molar-refractivity contribution in [1.82, 2.24) is 4.98 Å². The molecule has 0 radical (unpaired) electrons. The lowest BCUT2D eigenvalue weighted by atomic mass is 10.0. The molecule has 0 aliphatic heterocycles. The minimum absolute atomic E-state index is 0.000557. The van der Waals surface area contributed by atoms with E-state index in [1.807, 2.05) is 84.2 Å². The zero-order chi connectivity index (χ0) is 20.2. The van der Waals surface area contributed by atoms with E-state index in [1.54, 1.807) is 0 Å². The maximum absolute atomic E-state index is 12.5. The van der Waals surface area contributed by atoms with Crippen LogP contribution in [0, 0.1) is 0 Å². The Balaban J connectivity index is 1.46. The second kappa shape index (κ2) is 8.57. The van der Waals surface area contributed by atoms with Crippen LogP contribution in [0.25, 0.3) is 0 Å². The topological polar surface area (TPSA) is 68.0 Å². The monoisotopic (exact) mass is 419 g/mol. The van der Waals surface area contributed by atoms with Crippen LogP contribution in [0.2, 0.25) is 5.02 Å². The van der Waals surface area contributed by atoms with E-state index in [2.05, 4.69) is 10.3 Å². The largest absolute Gasteiger partial charge is 0.332 e. The van der Waals surface area contributed by atoms with Gasteiger partial charge in [0.05, 0.1) is 11.7 Å². The third-order valence-corrected chi connectivity index (χ3v) is 5.64. The Bertz CT molecular complexity index is 1130. The lowest BCUT2D eigenvalue weighted by molar-refractivity contribution is 0.103. The van der Waals surface area contributed by atoms with Crippen molar-refractivity contribution in [2.24, 2.45) is 5.73 Å². The van der Waals surface area contributed by atoms with E-state index in [0.29, 0.717) is 16.1 Å². The van der Waals surface area contributed by atoms with Gasteiger partial charge in [0.25, 0.3) is 0 Å². The highest BCUT2D eigenvalue weighted by molar-refractivity contribution is 7.13. The molecule has 4 rings (SSSR count). The average Bonchev–Trinajstić information content (AvgIpc) is 3.23. The first-order chi connectivity index (χ1) is 14.1. The molecule has 6 heteroatoms. The number of thiazole rings is 1. The molecule has 0 bridgehead atoms. The van der Waals surface area contributed by atoms with Gasteiger partial charge in [-0.15, -0.1) is 11.3 Å². The molecule has 0 aliphatic carbocycles. The fourth-order valence-corrected chi connectivity index (χ4v) is 3.98. The summed E-state index contributed by atoms with van der Waals surface area (Å²) in [5.74, 6) is -0.000557. The molecule has 29 heavy (non-hydrogen) atoms. The Labute approximate surface area is 178 Å². The Kier molecular flexibility index (Phi) is 5.71. The first kappa shape index (κ1) is 19.3. The van der Waals surface area contributed by atoms with Gasteiger partial charge in [-0.2, -0.15) is 0 Å². The van der Waals surface area contributed by atoms with Gasteiger partial charge in [-0.25, -0.2) is 4.98 Å². The third kappa shape index (κ3) is 4.38. The lowest BCUT2D eigenvalue weighted by Gasteiger charge is -2.11. The summed E-state index contributed by atoms with van der Waals surface area (Å²) in [5, 5.41) is 6.53. The highest BCUT2D eigenvalue weighted by atomic mass is 35.5. The number of carbonyl (C=O) groups excluding carboxylic acids is 1. The average molecular weight is 420 g/mol. The van der Waals surface area contributed by atoms with Gasteiger partial charge in [0.2, 0.25) is 0 Å². The van der Waals surface area contributed by atoms with Crippen LogP contribution < -0.4 is 11.1 Å². The molecular weight excluding hydrogens is 402 g/mol. The summed E-state index contributed by atoms with van der Waals surface area (Å²) in [6, 6.07) is 23.7. The van der Waals surface area contributed by atoms with Crippen molar-refractivity contribution in [3.05, 3.63) is 112 Å². The number of nitrogens with one attached hydrogen (secondary N) is 1. The van der Waals surface area contributed by atoms with Crippen molar-refractivity contribution in [2.75, 3.05) is 5.32 Å². The van der Waals surface area contributed by atoms with Gasteiger partial charge >= 0.3 is 0 Å². The van der Waals surface area contributed by atoms with Crippen LogP contribution in [-0.4, -0.2) is 10.8 Å². The van der Waals surface area contributed by atoms with Crippen LogP contribution in [0.4, 0.5) is 10.8 Å². The third-order valence-electron chi connectivity index (χ3n) is 4.52. The van der Waals surface area contributed by atoms with E-state index < -0.39 is 0 Å². The number of aromatic nitrogens is 1. The molecule has 3 aromatic carbocycles. The van der Waals surface area contributed by atoms with E-state index >= 15 is 0 Å². The van der Waals surface area contributed by atoms with E-state index in [1.165, 1.54) is 11.3 Å². The predicted molar refractivity (Wildman–Crippen MR) is 119 cm³/mol. The number of carbonyl (C=O) groups is 1. The molecule has 0 fully saturated rings. The molecule has 1 unspecified atom stereocenters. The molecular formula is C23H18ClN3OS. The van der Waals surface area contributed by atoms with E-state index in [9.17, 15) is 4.79 Å². The number of halogens is 1. The number of benzene rings is 3. The maximum atomic E-state index is 12.5. The molecule has 1 aromatic heterocycles. The summed E-state index contributed by atoms with van der Waals surface area (Å²) in [5.41, 5.74) is 10.1. The molecule has 0 spiro atoms. The summed E-state index contributed by atoms with van der Waals surface area (Å²) >= 11 is 7.71. The van der Waals surface area contributed by atoms with Crippen LogP contribution in [0.15, 0.2) is 84.2 Å². The van der Waals surface area contributed by atoms with E-state index in [4.69, 9.17) is 17.3 Å². The Morgan fingerprint density at radius 2 is 1.59 bits per heavy atom. The lowest BCUT2D eigenvalue weighted by Crippen LogP contribution is -2.12. The maximum Gasteiger partial charge on any atom is 0.193 e. The highest BCUT2D eigenvalue weighted by Crippen LogP contribution is 2.29.